The van der Waals surface area contributed by atoms with E-state index < -0.39 is 12.1 Å². The van der Waals surface area contributed by atoms with Crippen molar-refractivity contribution in [3.8, 4) is 0 Å². The lowest BCUT2D eigenvalue weighted by Crippen LogP contribution is -2.51. The maximum absolute atomic E-state index is 12.6. The molecule has 9 nitrogen and oxygen atoms in total. The second kappa shape index (κ2) is 10.1. The van der Waals surface area contributed by atoms with Crippen LogP contribution in [0, 0.1) is 5.92 Å². The number of hydrogen-bond donors (Lipinski definition) is 2. The average Bonchev–Trinajstić information content (AvgIpc) is 3.40. The first-order chi connectivity index (χ1) is 14.7. The smallest absolute Gasteiger partial charge is 0.475 e. The molecule has 2 aromatic rings. The van der Waals surface area contributed by atoms with Crippen LogP contribution in [0.3, 0.4) is 0 Å². The van der Waals surface area contributed by atoms with E-state index in [1.807, 2.05) is 11.6 Å². The molecule has 0 bridgehead atoms. The number of likely N-dealkylation sites (tertiary alicyclic amines) is 1. The van der Waals surface area contributed by atoms with Gasteiger partial charge < -0.3 is 15.2 Å². The Kier molecular flexibility index (Phi) is 7.51. The monoisotopic (exact) mass is 459 g/mol. The number of carboxylic acids is 1. The van der Waals surface area contributed by atoms with Gasteiger partial charge in [-0.25, -0.2) is 14.8 Å². The van der Waals surface area contributed by atoms with Crippen molar-refractivity contribution in [1.29, 1.82) is 0 Å². The molecule has 4 heterocycles. The molecule has 2 fully saturated rings. The Labute approximate surface area is 179 Å². The summed E-state index contributed by atoms with van der Waals surface area (Å²) in [6.07, 6.45) is 3.36. The number of ether oxygens (including phenoxy) is 1. The minimum Gasteiger partial charge on any atom is -0.475 e. The third-order valence-electron chi connectivity index (χ3n) is 4.86. The van der Waals surface area contributed by atoms with Gasteiger partial charge in [-0.15, -0.1) is 11.3 Å². The summed E-state index contributed by atoms with van der Waals surface area (Å²) in [6, 6.07) is 0.384. The van der Waals surface area contributed by atoms with Crippen LogP contribution in [-0.2, 0) is 20.9 Å². The summed E-state index contributed by atoms with van der Waals surface area (Å²) in [4.78, 5) is 36.3. The Morgan fingerprint density at radius 2 is 2.06 bits per heavy atom. The molecule has 2 aromatic heterocycles. The number of carboxylic acid groups (broad SMARTS) is 1. The predicted octanol–water partition coefficient (Wildman–Crippen LogP) is 2.18. The van der Waals surface area contributed by atoms with E-state index in [2.05, 4.69) is 25.2 Å². The molecule has 0 spiro atoms. The molecule has 13 heteroatoms. The molecule has 0 aliphatic carbocycles. The lowest BCUT2D eigenvalue weighted by Gasteiger charge is -2.39. The summed E-state index contributed by atoms with van der Waals surface area (Å²) in [5.74, 6) is -2.41. The van der Waals surface area contributed by atoms with Gasteiger partial charge >= 0.3 is 12.1 Å². The first kappa shape index (κ1) is 23.0. The molecule has 2 aliphatic heterocycles. The first-order valence-electron chi connectivity index (χ1n) is 9.35. The molecule has 168 valence electrons. The minimum absolute atomic E-state index is 0.0198. The molecule has 2 N–H and O–H groups in total. The lowest BCUT2D eigenvalue weighted by atomic mass is 9.89. The van der Waals surface area contributed by atoms with E-state index >= 15 is 0 Å². The van der Waals surface area contributed by atoms with Crippen molar-refractivity contribution in [3.05, 3.63) is 35.2 Å². The Morgan fingerprint density at radius 3 is 2.68 bits per heavy atom. The molecule has 4 rings (SSSR count). The van der Waals surface area contributed by atoms with Crippen LogP contribution in [0.15, 0.2) is 30.2 Å². The number of aliphatic carboxylic acids is 1. The van der Waals surface area contributed by atoms with Gasteiger partial charge in [-0.1, -0.05) is 0 Å². The van der Waals surface area contributed by atoms with Crippen LogP contribution in [0.1, 0.15) is 17.8 Å². The Hall–Kier alpha value is -2.64. The largest absolute Gasteiger partial charge is 0.490 e. The van der Waals surface area contributed by atoms with Gasteiger partial charge in [0.2, 0.25) is 5.91 Å². The third-order valence-corrected chi connectivity index (χ3v) is 5.63. The number of hydrogen-bond acceptors (Lipinski definition) is 8. The van der Waals surface area contributed by atoms with E-state index in [1.165, 1.54) is 0 Å². The Morgan fingerprint density at radius 1 is 1.29 bits per heavy atom. The lowest BCUT2D eigenvalue weighted by molar-refractivity contribution is -0.192. The van der Waals surface area contributed by atoms with Gasteiger partial charge in [-0.2, -0.15) is 13.2 Å². The number of nitrogens with one attached hydrogen (secondary N) is 1. The van der Waals surface area contributed by atoms with Crippen molar-refractivity contribution in [2.75, 3.05) is 18.5 Å². The summed E-state index contributed by atoms with van der Waals surface area (Å²) in [5.41, 5.74) is 0. The van der Waals surface area contributed by atoms with Crippen LogP contribution < -0.4 is 5.32 Å². The maximum atomic E-state index is 12.6. The second-order valence-corrected chi connectivity index (χ2v) is 7.92. The molecule has 0 saturated carbocycles. The van der Waals surface area contributed by atoms with Crippen LogP contribution in [0.25, 0.3) is 0 Å². The molecule has 3 atom stereocenters. The van der Waals surface area contributed by atoms with Crippen molar-refractivity contribution < 1.29 is 32.6 Å². The second-order valence-electron chi connectivity index (χ2n) is 6.94. The van der Waals surface area contributed by atoms with Gasteiger partial charge in [0.15, 0.2) is 5.82 Å². The van der Waals surface area contributed by atoms with E-state index in [-0.39, 0.29) is 17.9 Å². The van der Waals surface area contributed by atoms with Gasteiger partial charge in [-0.05, 0) is 12.8 Å². The number of carbonyl (C=O) groups is 2. The number of nitrogens with zero attached hydrogens (tertiary/aromatic N) is 4. The molecule has 0 radical (unpaired) electrons. The highest BCUT2D eigenvalue weighted by atomic mass is 32.1. The minimum atomic E-state index is -5.08. The molecular weight excluding hydrogens is 439 g/mol. The number of amides is 1. The van der Waals surface area contributed by atoms with Gasteiger partial charge in [0.25, 0.3) is 0 Å². The van der Waals surface area contributed by atoms with Gasteiger partial charge in [0.05, 0.1) is 24.8 Å². The zero-order chi connectivity index (χ0) is 22.4. The van der Waals surface area contributed by atoms with Crippen LogP contribution in [0.5, 0.6) is 0 Å². The number of carbonyl (C=O) groups excluding carboxylic acids is 1. The van der Waals surface area contributed by atoms with Crippen molar-refractivity contribution in [1.82, 2.24) is 19.9 Å². The zero-order valence-corrected chi connectivity index (χ0v) is 17.0. The van der Waals surface area contributed by atoms with Gasteiger partial charge in [0.1, 0.15) is 5.01 Å². The number of fused-ring (bicyclic) bond motifs is 1. The topological polar surface area (TPSA) is 118 Å². The Bertz CT molecular complexity index is 869. The van der Waals surface area contributed by atoms with Crippen LogP contribution >= 0.6 is 11.3 Å². The van der Waals surface area contributed by atoms with Crippen LogP contribution in [0.4, 0.5) is 19.0 Å². The van der Waals surface area contributed by atoms with Gasteiger partial charge in [-0.3, -0.25) is 14.7 Å². The molecular formula is C18H20F3N5O4S. The summed E-state index contributed by atoms with van der Waals surface area (Å²) in [6.45, 7) is 2.26. The standard InChI is InChI=1S/C16H19N5O2S.C2HF3O2/c22-16(20-14-8-17-2-3-18-14)11-7-13-12(1-5-23-13)21(9-11)10-15-19-4-6-24-15;3-2(4,5)1(6)7/h2-4,6,8,11-13H,1,5,7,9-10H2,(H,18,20,22);(H,6,7)/t11-,12-,13-;/m1./s1. The van der Waals surface area contributed by atoms with E-state index in [0.717, 1.165) is 37.5 Å². The molecule has 31 heavy (non-hydrogen) atoms. The highest BCUT2D eigenvalue weighted by Crippen LogP contribution is 2.33. The number of rotatable bonds is 4. The van der Waals surface area contributed by atoms with E-state index in [9.17, 15) is 18.0 Å². The molecule has 2 aliphatic rings. The first-order valence-corrected chi connectivity index (χ1v) is 10.2. The van der Waals surface area contributed by atoms with E-state index in [0.29, 0.717) is 11.9 Å². The number of thiazole rings is 1. The van der Waals surface area contributed by atoms with E-state index in [4.69, 9.17) is 14.6 Å². The normalized spacial score (nSPS) is 23.4. The summed E-state index contributed by atoms with van der Waals surface area (Å²) in [5, 5.41) is 13.1. The number of anilines is 1. The van der Waals surface area contributed by atoms with Crippen molar-refractivity contribution in [2.24, 2.45) is 5.92 Å². The highest BCUT2D eigenvalue weighted by Gasteiger charge is 2.42. The SMILES string of the molecule is O=C(Nc1cnccn1)[C@@H]1C[C@H]2OCC[C@H]2N(Cc2nccs2)C1.O=C(O)C(F)(F)F. The molecule has 2 saturated heterocycles. The van der Waals surface area contributed by atoms with Crippen molar-refractivity contribution >= 4 is 29.0 Å². The zero-order valence-electron chi connectivity index (χ0n) is 16.2. The maximum Gasteiger partial charge on any atom is 0.490 e. The fourth-order valence-electron chi connectivity index (χ4n) is 3.52. The summed E-state index contributed by atoms with van der Waals surface area (Å²) in [7, 11) is 0. The van der Waals surface area contributed by atoms with Crippen molar-refractivity contribution in [2.45, 2.75) is 37.7 Å². The van der Waals surface area contributed by atoms with Gasteiger partial charge in [0, 0.05) is 43.2 Å². The number of halogens is 3. The third kappa shape index (κ3) is 6.42. The van der Waals surface area contributed by atoms with Crippen molar-refractivity contribution in [3.63, 3.8) is 0 Å². The summed E-state index contributed by atoms with van der Waals surface area (Å²) >= 11 is 1.65. The molecule has 0 unspecified atom stereocenters. The number of aromatic nitrogens is 3. The quantitative estimate of drug-likeness (QED) is 0.715. The van der Waals surface area contributed by atoms with Crippen LogP contribution in [0.2, 0.25) is 0 Å². The highest BCUT2D eigenvalue weighted by molar-refractivity contribution is 7.09. The molecule has 0 aromatic carbocycles. The number of alkyl halides is 3. The predicted molar refractivity (Wildman–Crippen MR) is 103 cm³/mol. The molecule has 1 amide bonds. The number of piperidine rings is 1. The average molecular weight is 459 g/mol. The summed E-state index contributed by atoms with van der Waals surface area (Å²) < 4.78 is 37.6. The van der Waals surface area contributed by atoms with E-state index in [1.54, 1.807) is 29.9 Å². The fraction of sp³-hybridized carbons (Fsp3) is 0.500. The fourth-order valence-corrected chi connectivity index (χ4v) is 4.16. The van der Waals surface area contributed by atoms with Crippen LogP contribution in [-0.4, -0.2) is 68.3 Å². The Balaban J connectivity index is 0.000000339.